The molecule has 0 bridgehead atoms. The van der Waals surface area contributed by atoms with Crippen LogP contribution in [0.4, 0.5) is 5.69 Å². The highest BCUT2D eigenvalue weighted by Gasteiger charge is 2.08. The zero-order valence-electron chi connectivity index (χ0n) is 11.7. The second-order valence-corrected chi connectivity index (χ2v) is 4.93. The van der Waals surface area contributed by atoms with Crippen LogP contribution in [0.1, 0.15) is 49.4 Å². The minimum atomic E-state index is -0.345. The number of unbranched alkanes of at least 4 members (excludes halogenated alkanes) is 4. The summed E-state index contributed by atoms with van der Waals surface area (Å²) >= 11 is 6.09. The average Bonchev–Trinajstić information content (AvgIpc) is 2.43. The highest BCUT2D eigenvalue weighted by molar-refractivity contribution is 6.33. The van der Waals surface area contributed by atoms with Crippen molar-refractivity contribution in [3.8, 4) is 0 Å². The number of ether oxygens (including phenoxy) is 1. The predicted molar refractivity (Wildman–Crippen MR) is 80.0 cm³/mol. The maximum atomic E-state index is 11.4. The highest BCUT2D eigenvalue weighted by atomic mass is 35.5. The van der Waals surface area contributed by atoms with Gasteiger partial charge in [-0.25, -0.2) is 4.79 Å². The van der Waals surface area contributed by atoms with Crippen molar-refractivity contribution < 1.29 is 9.53 Å². The van der Waals surface area contributed by atoms with Gasteiger partial charge < -0.3 is 10.1 Å². The van der Waals surface area contributed by atoms with Crippen molar-refractivity contribution in [2.45, 2.75) is 39.0 Å². The van der Waals surface area contributed by atoms with Crippen LogP contribution in [0.2, 0.25) is 5.02 Å². The standard InChI is InChI=1S/C15H22ClNO2/c1-3-4-5-6-7-10-17-14-11-12(15(18)19-2)8-9-13(14)16/h8-9,11,17H,3-7,10H2,1-2H3. The molecule has 0 amide bonds. The second kappa shape index (κ2) is 8.81. The lowest BCUT2D eigenvalue weighted by Gasteiger charge is -2.09. The summed E-state index contributed by atoms with van der Waals surface area (Å²) in [7, 11) is 1.37. The zero-order valence-corrected chi connectivity index (χ0v) is 12.4. The molecule has 1 rings (SSSR count). The van der Waals surface area contributed by atoms with Gasteiger partial charge in [-0.1, -0.05) is 44.2 Å². The molecular formula is C15H22ClNO2. The van der Waals surface area contributed by atoms with E-state index in [1.807, 2.05) is 0 Å². The van der Waals surface area contributed by atoms with E-state index < -0.39 is 0 Å². The Morgan fingerprint density at radius 1 is 1.26 bits per heavy atom. The molecule has 0 aliphatic rings. The van der Waals surface area contributed by atoms with Gasteiger partial charge in [-0.05, 0) is 24.6 Å². The molecule has 19 heavy (non-hydrogen) atoms. The molecule has 0 saturated carbocycles. The fraction of sp³-hybridized carbons (Fsp3) is 0.533. The van der Waals surface area contributed by atoms with Gasteiger partial charge in [0.05, 0.1) is 23.4 Å². The Morgan fingerprint density at radius 3 is 2.68 bits per heavy atom. The van der Waals surface area contributed by atoms with E-state index in [0.717, 1.165) is 18.7 Å². The third kappa shape index (κ3) is 5.52. The number of esters is 1. The highest BCUT2D eigenvalue weighted by Crippen LogP contribution is 2.23. The van der Waals surface area contributed by atoms with E-state index in [-0.39, 0.29) is 5.97 Å². The first-order chi connectivity index (χ1) is 9.19. The summed E-state index contributed by atoms with van der Waals surface area (Å²) in [4.78, 5) is 11.4. The minimum Gasteiger partial charge on any atom is -0.465 e. The Morgan fingerprint density at radius 2 is 2.00 bits per heavy atom. The monoisotopic (exact) mass is 283 g/mol. The minimum absolute atomic E-state index is 0.345. The number of methoxy groups -OCH3 is 1. The molecule has 0 unspecified atom stereocenters. The summed E-state index contributed by atoms with van der Waals surface area (Å²) in [5, 5.41) is 3.90. The van der Waals surface area contributed by atoms with Gasteiger partial charge in [0, 0.05) is 6.54 Å². The van der Waals surface area contributed by atoms with Gasteiger partial charge in [0.25, 0.3) is 0 Å². The maximum absolute atomic E-state index is 11.4. The molecule has 0 fully saturated rings. The van der Waals surface area contributed by atoms with Crippen LogP contribution >= 0.6 is 11.6 Å². The van der Waals surface area contributed by atoms with Gasteiger partial charge in [0.15, 0.2) is 0 Å². The number of carbonyl (C=O) groups excluding carboxylic acids is 1. The smallest absolute Gasteiger partial charge is 0.337 e. The number of hydrogen-bond acceptors (Lipinski definition) is 3. The van der Waals surface area contributed by atoms with Crippen LogP contribution in [-0.2, 0) is 4.74 Å². The van der Waals surface area contributed by atoms with Gasteiger partial charge >= 0.3 is 5.97 Å². The number of rotatable bonds is 8. The van der Waals surface area contributed by atoms with Crippen LogP contribution in [0, 0.1) is 0 Å². The second-order valence-electron chi connectivity index (χ2n) is 4.53. The van der Waals surface area contributed by atoms with E-state index >= 15 is 0 Å². The van der Waals surface area contributed by atoms with E-state index in [1.165, 1.54) is 32.8 Å². The van der Waals surface area contributed by atoms with Crippen molar-refractivity contribution in [1.82, 2.24) is 0 Å². The number of hydrogen-bond donors (Lipinski definition) is 1. The Hall–Kier alpha value is -1.22. The Kier molecular flexibility index (Phi) is 7.34. The van der Waals surface area contributed by atoms with E-state index in [0.29, 0.717) is 10.6 Å². The van der Waals surface area contributed by atoms with Crippen LogP contribution in [0.5, 0.6) is 0 Å². The molecule has 0 aromatic heterocycles. The molecule has 1 N–H and O–H groups in total. The van der Waals surface area contributed by atoms with Crippen molar-refractivity contribution in [1.29, 1.82) is 0 Å². The van der Waals surface area contributed by atoms with Crippen molar-refractivity contribution in [2.24, 2.45) is 0 Å². The molecule has 0 saturated heterocycles. The van der Waals surface area contributed by atoms with E-state index in [9.17, 15) is 4.79 Å². The summed E-state index contributed by atoms with van der Waals surface area (Å²) in [5.74, 6) is -0.345. The van der Waals surface area contributed by atoms with Crippen LogP contribution in [0.3, 0.4) is 0 Å². The summed E-state index contributed by atoms with van der Waals surface area (Å²) in [6.45, 7) is 3.07. The Balaban J connectivity index is 2.46. The number of halogens is 1. The quantitative estimate of drug-likeness (QED) is 0.563. The van der Waals surface area contributed by atoms with E-state index in [4.69, 9.17) is 16.3 Å². The molecule has 0 spiro atoms. The summed E-state index contributed by atoms with van der Waals surface area (Å²) < 4.78 is 4.69. The summed E-state index contributed by atoms with van der Waals surface area (Å²) in [5.41, 5.74) is 1.31. The lowest BCUT2D eigenvalue weighted by atomic mass is 10.1. The molecule has 1 aromatic rings. The van der Waals surface area contributed by atoms with Crippen LogP contribution in [0.25, 0.3) is 0 Å². The molecule has 106 valence electrons. The predicted octanol–water partition coefficient (Wildman–Crippen LogP) is 4.51. The largest absolute Gasteiger partial charge is 0.465 e. The molecule has 0 heterocycles. The number of carbonyl (C=O) groups is 1. The average molecular weight is 284 g/mol. The van der Waals surface area contributed by atoms with Gasteiger partial charge in [-0.15, -0.1) is 0 Å². The van der Waals surface area contributed by atoms with Gasteiger partial charge in [-0.3, -0.25) is 0 Å². The maximum Gasteiger partial charge on any atom is 0.337 e. The molecule has 1 aromatic carbocycles. The SMILES string of the molecule is CCCCCCCNc1cc(C(=O)OC)ccc1Cl. The van der Waals surface area contributed by atoms with Crippen LogP contribution < -0.4 is 5.32 Å². The van der Waals surface area contributed by atoms with Crippen molar-refractivity contribution in [2.75, 3.05) is 19.0 Å². The van der Waals surface area contributed by atoms with Crippen LogP contribution in [-0.4, -0.2) is 19.6 Å². The Labute approximate surface area is 120 Å². The first kappa shape index (κ1) is 15.8. The molecular weight excluding hydrogens is 262 g/mol. The topological polar surface area (TPSA) is 38.3 Å². The summed E-state index contributed by atoms with van der Waals surface area (Å²) in [6.07, 6.45) is 6.14. The normalized spacial score (nSPS) is 10.3. The number of anilines is 1. The van der Waals surface area contributed by atoms with Crippen LogP contribution in [0.15, 0.2) is 18.2 Å². The first-order valence-electron chi connectivity index (χ1n) is 6.80. The van der Waals surface area contributed by atoms with Crippen molar-refractivity contribution in [3.05, 3.63) is 28.8 Å². The zero-order chi connectivity index (χ0) is 14.1. The fourth-order valence-electron chi connectivity index (χ4n) is 1.86. The lowest BCUT2D eigenvalue weighted by molar-refractivity contribution is 0.0601. The van der Waals surface area contributed by atoms with Gasteiger partial charge in [-0.2, -0.15) is 0 Å². The third-order valence-electron chi connectivity index (χ3n) is 2.98. The van der Waals surface area contributed by atoms with E-state index in [1.54, 1.807) is 18.2 Å². The van der Waals surface area contributed by atoms with Gasteiger partial charge in [0.2, 0.25) is 0 Å². The molecule has 0 aliphatic carbocycles. The molecule has 3 nitrogen and oxygen atoms in total. The summed E-state index contributed by atoms with van der Waals surface area (Å²) in [6, 6.07) is 5.12. The van der Waals surface area contributed by atoms with E-state index in [2.05, 4.69) is 12.2 Å². The van der Waals surface area contributed by atoms with Gasteiger partial charge in [0.1, 0.15) is 0 Å². The fourth-order valence-corrected chi connectivity index (χ4v) is 2.04. The van der Waals surface area contributed by atoms with Crippen molar-refractivity contribution >= 4 is 23.3 Å². The molecule has 0 atom stereocenters. The molecule has 4 heteroatoms. The third-order valence-corrected chi connectivity index (χ3v) is 3.31. The lowest BCUT2D eigenvalue weighted by Crippen LogP contribution is -2.05. The molecule has 0 radical (unpaired) electrons. The Bertz CT molecular complexity index is 407. The number of nitrogens with one attached hydrogen (secondary N) is 1. The van der Waals surface area contributed by atoms with Crippen molar-refractivity contribution in [3.63, 3.8) is 0 Å². The molecule has 0 aliphatic heterocycles. The number of benzene rings is 1. The first-order valence-corrected chi connectivity index (χ1v) is 7.18.